The Morgan fingerprint density at radius 3 is 2.47 bits per heavy atom. The molecule has 0 spiro atoms. The molecule has 0 aliphatic carbocycles. The Balaban J connectivity index is 1.31. The number of ether oxygens (including phenoxy) is 1. The summed E-state index contributed by atoms with van der Waals surface area (Å²) in [6.07, 6.45) is 1.46. The van der Waals surface area contributed by atoms with Gasteiger partial charge < -0.3 is 15.0 Å². The van der Waals surface area contributed by atoms with Crippen LogP contribution in [-0.4, -0.2) is 46.5 Å². The van der Waals surface area contributed by atoms with E-state index >= 15 is 0 Å². The van der Waals surface area contributed by atoms with Gasteiger partial charge in [0, 0.05) is 53.6 Å². The van der Waals surface area contributed by atoms with Gasteiger partial charge in [0.25, 0.3) is 0 Å². The van der Waals surface area contributed by atoms with Gasteiger partial charge in [-0.05, 0) is 63.1 Å². The number of ketones is 1. The molecule has 3 heterocycles. The molecule has 1 N–H and O–H groups in total. The predicted molar refractivity (Wildman–Crippen MR) is 140 cm³/mol. The molecule has 0 atom stereocenters. The van der Waals surface area contributed by atoms with E-state index < -0.39 is 0 Å². The van der Waals surface area contributed by atoms with E-state index in [1.54, 1.807) is 25.3 Å². The quantitative estimate of drug-likeness (QED) is 0.398. The highest BCUT2D eigenvalue weighted by Crippen LogP contribution is 2.28. The molecule has 1 aliphatic heterocycles. The lowest BCUT2D eigenvalue weighted by molar-refractivity contribution is -0.120. The van der Waals surface area contributed by atoms with Crippen molar-refractivity contribution in [3.63, 3.8) is 0 Å². The summed E-state index contributed by atoms with van der Waals surface area (Å²) in [5, 5.41) is 7.84. The highest BCUT2D eigenvalue weighted by molar-refractivity contribution is 5.97. The largest absolute Gasteiger partial charge is 0.497 e. The number of Topliss-reactive ketones (excluding diaryl/α,β-unsaturated/α-hetero) is 1. The highest BCUT2D eigenvalue weighted by Gasteiger charge is 2.27. The number of carbonyl (C=O) groups excluding carboxylic acids is 2. The first-order valence-electron chi connectivity index (χ1n) is 12.1. The number of nitrogens with zero attached hydrogens (tertiary/aromatic N) is 4. The lowest BCUT2D eigenvalue weighted by Gasteiger charge is -2.33. The summed E-state index contributed by atoms with van der Waals surface area (Å²) >= 11 is 0. The first-order chi connectivity index (χ1) is 17.4. The minimum absolute atomic E-state index is 0.00714. The lowest BCUT2D eigenvalue weighted by atomic mass is 9.95. The van der Waals surface area contributed by atoms with E-state index in [0.29, 0.717) is 11.3 Å². The van der Waals surface area contributed by atoms with Crippen LogP contribution in [0.4, 0.5) is 11.5 Å². The smallest absolute Gasteiger partial charge is 0.227 e. The minimum Gasteiger partial charge on any atom is -0.497 e. The number of aromatic nitrogens is 3. The molecule has 1 aliphatic rings. The van der Waals surface area contributed by atoms with Gasteiger partial charge in [0.1, 0.15) is 11.6 Å². The number of rotatable bonds is 6. The summed E-state index contributed by atoms with van der Waals surface area (Å²) in [7, 11) is 1.65. The maximum absolute atomic E-state index is 12.9. The van der Waals surface area contributed by atoms with E-state index in [4.69, 9.17) is 9.84 Å². The van der Waals surface area contributed by atoms with Gasteiger partial charge in [0.2, 0.25) is 5.91 Å². The fourth-order valence-corrected chi connectivity index (χ4v) is 4.64. The Morgan fingerprint density at radius 2 is 1.78 bits per heavy atom. The van der Waals surface area contributed by atoms with Crippen molar-refractivity contribution in [3.8, 4) is 17.0 Å². The van der Waals surface area contributed by atoms with E-state index in [2.05, 4.69) is 15.2 Å². The first kappa shape index (κ1) is 23.5. The zero-order valence-electron chi connectivity index (χ0n) is 20.7. The maximum Gasteiger partial charge on any atom is 0.227 e. The van der Waals surface area contributed by atoms with Crippen molar-refractivity contribution in [2.24, 2.45) is 5.92 Å². The van der Waals surface area contributed by atoms with E-state index in [0.717, 1.165) is 60.1 Å². The van der Waals surface area contributed by atoms with E-state index in [1.165, 1.54) is 6.92 Å². The van der Waals surface area contributed by atoms with Crippen LogP contribution in [-0.2, 0) is 4.79 Å². The van der Waals surface area contributed by atoms with Gasteiger partial charge in [0.15, 0.2) is 11.4 Å². The summed E-state index contributed by atoms with van der Waals surface area (Å²) in [5.74, 6) is 1.66. The third kappa shape index (κ3) is 4.79. The molecule has 0 bridgehead atoms. The molecule has 36 heavy (non-hydrogen) atoms. The first-order valence-corrected chi connectivity index (χ1v) is 12.1. The van der Waals surface area contributed by atoms with Gasteiger partial charge in [-0.25, -0.2) is 4.98 Å². The number of benzene rings is 2. The van der Waals surface area contributed by atoms with Gasteiger partial charge in [0.05, 0.1) is 12.8 Å². The van der Waals surface area contributed by atoms with Gasteiger partial charge in [-0.15, -0.1) is 0 Å². The third-order valence-electron chi connectivity index (χ3n) is 6.65. The van der Waals surface area contributed by atoms with Gasteiger partial charge in [-0.1, -0.05) is 12.1 Å². The van der Waals surface area contributed by atoms with Crippen LogP contribution in [0.25, 0.3) is 16.9 Å². The molecule has 8 nitrogen and oxygen atoms in total. The number of aryl methyl sites for hydroxylation is 1. The standard InChI is InChI=1S/C28H29N5O3/c1-18-15-27(33-26(29-18)17-25(31-33)20-7-9-24(36-3)10-8-20)32-13-11-21(12-14-32)28(35)30-23-6-4-5-22(16-23)19(2)34/h4-10,15-17,21H,11-14H2,1-3H3,(H,30,35). The van der Waals surface area contributed by atoms with Crippen LogP contribution < -0.4 is 15.0 Å². The van der Waals surface area contributed by atoms with Crippen LogP contribution in [0, 0.1) is 12.8 Å². The van der Waals surface area contributed by atoms with Gasteiger partial charge in [-0.2, -0.15) is 9.61 Å². The molecule has 4 aromatic rings. The van der Waals surface area contributed by atoms with E-state index in [9.17, 15) is 9.59 Å². The molecule has 5 rings (SSSR count). The average Bonchev–Trinajstić information content (AvgIpc) is 3.32. The molecule has 1 amide bonds. The van der Waals surface area contributed by atoms with Gasteiger partial charge >= 0.3 is 0 Å². The fraction of sp³-hybridized carbons (Fsp3) is 0.286. The molecule has 0 saturated carbocycles. The summed E-state index contributed by atoms with van der Waals surface area (Å²) in [6.45, 7) is 4.98. The van der Waals surface area contributed by atoms with Crippen molar-refractivity contribution < 1.29 is 14.3 Å². The van der Waals surface area contributed by atoms with Crippen molar-refractivity contribution >= 4 is 28.8 Å². The molecule has 184 valence electrons. The number of methoxy groups -OCH3 is 1. The topological polar surface area (TPSA) is 88.8 Å². The van der Waals surface area contributed by atoms with Crippen LogP contribution >= 0.6 is 0 Å². The van der Waals surface area contributed by atoms with Crippen molar-refractivity contribution in [1.82, 2.24) is 14.6 Å². The summed E-state index contributed by atoms with van der Waals surface area (Å²) in [4.78, 5) is 31.5. The third-order valence-corrected chi connectivity index (χ3v) is 6.65. The second-order valence-electron chi connectivity index (χ2n) is 9.17. The lowest BCUT2D eigenvalue weighted by Crippen LogP contribution is -2.39. The molecular weight excluding hydrogens is 454 g/mol. The monoisotopic (exact) mass is 483 g/mol. The summed E-state index contributed by atoms with van der Waals surface area (Å²) in [5.41, 5.74) is 4.80. The second-order valence-corrected chi connectivity index (χ2v) is 9.17. The molecule has 0 unspecified atom stereocenters. The molecule has 1 saturated heterocycles. The zero-order valence-corrected chi connectivity index (χ0v) is 20.7. The van der Waals surface area contributed by atoms with Crippen LogP contribution in [0.1, 0.15) is 35.8 Å². The average molecular weight is 484 g/mol. The Morgan fingerprint density at radius 1 is 1.03 bits per heavy atom. The number of nitrogens with one attached hydrogen (secondary N) is 1. The number of hydrogen-bond donors (Lipinski definition) is 1. The summed E-state index contributed by atoms with van der Waals surface area (Å²) < 4.78 is 7.15. The predicted octanol–water partition coefficient (Wildman–Crippen LogP) is 4.77. The Labute approximate surface area is 209 Å². The fourth-order valence-electron chi connectivity index (χ4n) is 4.64. The number of anilines is 2. The van der Waals surface area contributed by atoms with Crippen LogP contribution in [0.2, 0.25) is 0 Å². The minimum atomic E-state index is -0.0897. The van der Waals surface area contributed by atoms with Crippen molar-refractivity contribution in [1.29, 1.82) is 0 Å². The normalized spacial score (nSPS) is 14.1. The number of fused-ring (bicyclic) bond motifs is 1. The molecule has 2 aromatic heterocycles. The van der Waals surface area contributed by atoms with E-state index in [1.807, 2.05) is 53.9 Å². The number of amides is 1. The second kappa shape index (κ2) is 9.81. The van der Waals surface area contributed by atoms with E-state index in [-0.39, 0.29) is 17.6 Å². The number of carbonyl (C=O) groups is 2. The maximum atomic E-state index is 12.9. The molecule has 8 heteroatoms. The summed E-state index contributed by atoms with van der Waals surface area (Å²) in [6, 6.07) is 18.9. The van der Waals surface area contributed by atoms with Gasteiger partial charge in [-0.3, -0.25) is 9.59 Å². The Kier molecular flexibility index (Phi) is 6.41. The highest BCUT2D eigenvalue weighted by atomic mass is 16.5. The van der Waals surface area contributed by atoms with Crippen LogP contribution in [0.5, 0.6) is 5.75 Å². The van der Waals surface area contributed by atoms with Crippen LogP contribution in [0.15, 0.2) is 60.7 Å². The van der Waals surface area contributed by atoms with Crippen LogP contribution in [0.3, 0.4) is 0 Å². The number of hydrogen-bond acceptors (Lipinski definition) is 6. The Bertz CT molecular complexity index is 1420. The molecule has 2 aromatic carbocycles. The number of piperidine rings is 1. The molecular formula is C28H29N5O3. The zero-order chi connectivity index (χ0) is 25.2. The molecule has 0 radical (unpaired) electrons. The molecule has 1 fully saturated rings. The van der Waals surface area contributed by atoms with Crippen molar-refractivity contribution in [3.05, 3.63) is 71.9 Å². The van der Waals surface area contributed by atoms with Crippen molar-refractivity contribution in [2.45, 2.75) is 26.7 Å². The van der Waals surface area contributed by atoms with Crippen molar-refractivity contribution in [2.75, 3.05) is 30.4 Å². The Hall–Kier alpha value is -4.20. The SMILES string of the molecule is COc1ccc(-c2cc3nc(C)cc(N4CCC(C(=O)Nc5cccc(C(C)=O)c5)CC4)n3n2)cc1.